The van der Waals surface area contributed by atoms with Crippen LogP contribution in [0.15, 0.2) is 115 Å². The number of hydrogen-bond acceptors (Lipinski definition) is 0. The summed E-state index contributed by atoms with van der Waals surface area (Å²) in [6, 6.07) is 31.9. The normalized spacial score (nSPS) is 17.6. The van der Waals surface area contributed by atoms with Crippen LogP contribution in [0.25, 0.3) is 0 Å². The molecule has 0 N–H and O–H groups in total. The zero-order valence-corrected chi connectivity index (χ0v) is 29.9. The second-order valence-corrected chi connectivity index (χ2v) is 18.8. The number of allylic oxidation sites excluding steroid dienone is 4. The van der Waals surface area contributed by atoms with Crippen molar-refractivity contribution in [2.75, 3.05) is 40.0 Å². The van der Waals surface area contributed by atoms with E-state index in [4.69, 9.17) is 0 Å². The van der Waals surface area contributed by atoms with Crippen LogP contribution in [0.3, 0.4) is 0 Å². The molecule has 42 heavy (non-hydrogen) atoms. The van der Waals surface area contributed by atoms with E-state index in [2.05, 4.69) is 155 Å². The molecule has 3 aromatic rings. The third-order valence-corrected chi connectivity index (χ3v) is 9.57. The predicted molar refractivity (Wildman–Crippen MR) is 178 cm³/mol. The van der Waals surface area contributed by atoms with Crippen molar-refractivity contribution in [2.45, 2.75) is 6.42 Å². The van der Waals surface area contributed by atoms with Gasteiger partial charge in [-0.2, -0.15) is 0 Å². The standard InChI is InChI=1S/3C8H11P.C7H8.F6P.Rh/c3*1-9(2)8-6-4-3-5-7-8;1-2-7-4-3-6(1)5-7;1-7(2,3,4,5)6;/h3*3-7H,1-2H3;1-4,6-7H,5H2;;/q;;;;-1;. The van der Waals surface area contributed by atoms with Gasteiger partial charge < -0.3 is 0 Å². The van der Waals surface area contributed by atoms with E-state index in [0.29, 0.717) is 0 Å². The molecular formula is C31H41F6P4Rh-. The van der Waals surface area contributed by atoms with Gasteiger partial charge in [-0.05, 0) is 74.2 Å². The van der Waals surface area contributed by atoms with Gasteiger partial charge >= 0.3 is 33.0 Å². The van der Waals surface area contributed by atoms with Crippen LogP contribution in [0.1, 0.15) is 6.42 Å². The quantitative estimate of drug-likeness (QED) is 0.108. The number of hydrogen-bond donors (Lipinski definition) is 0. The Balaban J connectivity index is 0.000000499. The molecule has 0 nitrogen and oxygen atoms in total. The van der Waals surface area contributed by atoms with Gasteiger partial charge in [0.2, 0.25) is 0 Å². The Bertz CT molecular complexity index is 1040. The Hall–Kier alpha value is -0.937. The van der Waals surface area contributed by atoms with Gasteiger partial charge in [0.1, 0.15) is 0 Å². The minimum absolute atomic E-state index is 0. The van der Waals surface area contributed by atoms with E-state index in [1.807, 2.05) is 0 Å². The Kier molecular flexibility index (Phi) is 17.7. The van der Waals surface area contributed by atoms with Crippen molar-refractivity contribution < 1.29 is 44.7 Å². The second kappa shape index (κ2) is 18.1. The van der Waals surface area contributed by atoms with Crippen LogP contribution in [-0.2, 0) is 19.5 Å². The van der Waals surface area contributed by atoms with Gasteiger partial charge in [-0.1, -0.05) is 139 Å². The molecule has 0 aliphatic heterocycles. The smallest absolute Gasteiger partial charge is 0 e. The van der Waals surface area contributed by atoms with Gasteiger partial charge in [0.15, 0.2) is 0 Å². The van der Waals surface area contributed by atoms with E-state index >= 15 is 0 Å². The molecule has 0 heterocycles. The third kappa shape index (κ3) is 23.5. The molecule has 0 aromatic heterocycles. The molecule has 0 amide bonds. The maximum Gasteiger partial charge on any atom is 0 e. The summed E-state index contributed by atoms with van der Waals surface area (Å²) in [7, 11) is -10.3. The van der Waals surface area contributed by atoms with Gasteiger partial charge in [-0.15, -0.1) is 0 Å². The Morgan fingerprint density at radius 3 is 0.738 bits per heavy atom. The summed E-state index contributed by atoms with van der Waals surface area (Å²) in [6.07, 6.45) is 10.5. The van der Waals surface area contributed by atoms with Crippen molar-refractivity contribution in [1.29, 1.82) is 0 Å². The SMILES string of the molecule is C1=CC2C=CC1C2.CP(C)c1ccccc1.CP(C)c1ccccc1.CP(C)c1ccccc1.F[P-](F)(F)(F)(F)F.[Rh]. The van der Waals surface area contributed by atoms with Crippen LogP contribution < -0.4 is 15.9 Å². The average Bonchev–Trinajstić information content (AvgIpc) is 3.56. The van der Waals surface area contributed by atoms with Crippen molar-refractivity contribution >= 4 is 47.5 Å². The van der Waals surface area contributed by atoms with E-state index in [0.717, 1.165) is 11.8 Å². The van der Waals surface area contributed by atoms with Gasteiger partial charge in [0.05, 0.1) is 0 Å². The second-order valence-electron chi connectivity index (χ2n) is 9.98. The molecule has 3 aromatic carbocycles. The minimum atomic E-state index is -10.7. The zero-order chi connectivity index (χ0) is 31.2. The van der Waals surface area contributed by atoms with Gasteiger partial charge in [0, 0.05) is 19.5 Å². The summed E-state index contributed by atoms with van der Waals surface area (Å²) in [6.45, 7) is 13.6. The number of halogens is 6. The molecule has 2 aliphatic carbocycles. The monoisotopic (exact) mass is 754 g/mol. The van der Waals surface area contributed by atoms with Crippen molar-refractivity contribution in [3.8, 4) is 0 Å². The number of rotatable bonds is 3. The fourth-order valence-corrected chi connectivity index (χ4v) is 5.81. The van der Waals surface area contributed by atoms with Gasteiger partial charge in [0.25, 0.3) is 0 Å². The van der Waals surface area contributed by atoms with Gasteiger partial charge in [-0.25, -0.2) is 0 Å². The van der Waals surface area contributed by atoms with E-state index in [1.165, 1.54) is 22.3 Å². The first-order valence-corrected chi connectivity index (χ1v) is 21.7. The number of fused-ring (bicyclic) bond motifs is 2. The van der Waals surface area contributed by atoms with E-state index in [1.54, 1.807) is 0 Å². The summed E-state index contributed by atoms with van der Waals surface area (Å²) >= 11 is 0. The van der Waals surface area contributed by atoms with Crippen LogP contribution in [0.2, 0.25) is 0 Å². The van der Waals surface area contributed by atoms with Crippen molar-refractivity contribution in [3.05, 3.63) is 115 Å². The van der Waals surface area contributed by atoms with Gasteiger partial charge in [-0.3, -0.25) is 0 Å². The molecule has 0 atom stereocenters. The third-order valence-electron chi connectivity index (χ3n) is 5.57. The van der Waals surface area contributed by atoms with E-state index in [-0.39, 0.29) is 43.2 Å². The fourth-order valence-electron chi connectivity index (χ4n) is 3.51. The van der Waals surface area contributed by atoms with Crippen LogP contribution in [0.4, 0.5) is 25.2 Å². The molecule has 5 rings (SSSR count). The topological polar surface area (TPSA) is 0 Å². The molecule has 0 fully saturated rings. The fraction of sp³-hybridized carbons (Fsp3) is 0.290. The van der Waals surface area contributed by atoms with Crippen molar-refractivity contribution in [2.24, 2.45) is 11.8 Å². The molecule has 2 bridgehead atoms. The van der Waals surface area contributed by atoms with E-state index < -0.39 is 7.81 Å². The predicted octanol–water partition coefficient (Wildman–Crippen LogP) is 11.3. The molecule has 1 radical (unpaired) electrons. The molecule has 0 spiro atoms. The Morgan fingerprint density at radius 1 is 0.452 bits per heavy atom. The van der Waals surface area contributed by atoms with Crippen molar-refractivity contribution in [1.82, 2.24) is 0 Å². The molecule has 2 aliphatic rings. The molecule has 0 saturated heterocycles. The zero-order valence-electron chi connectivity index (χ0n) is 24.7. The van der Waals surface area contributed by atoms with Crippen LogP contribution in [-0.4, -0.2) is 40.0 Å². The molecular weight excluding hydrogens is 713 g/mol. The first-order chi connectivity index (χ1) is 18.8. The Labute approximate surface area is 264 Å². The average molecular weight is 754 g/mol. The van der Waals surface area contributed by atoms with Crippen LogP contribution in [0, 0.1) is 11.8 Å². The molecule has 0 saturated carbocycles. The molecule has 237 valence electrons. The Morgan fingerprint density at radius 2 is 0.643 bits per heavy atom. The van der Waals surface area contributed by atoms with Crippen LogP contribution in [0.5, 0.6) is 0 Å². The van der Waals surface area contributed by atoms with Crippen molar-refractivity contribution in [3.63, 3.8) is 0 Å². The summed E-state index contributed by atoms with van der Waals surface area (Å²) in [5, 5.41) is 4.44. The largest absolute Gasteiger partial charge is 0 e. The van der Waals surface area contributed by atoms with E-state index in [9.17, 15) is 25.2 Å². The van der Waals surface area contributed by atoms with Crippen LogP contribution >= 0.6 is 31.6 Å². The first kappa shape index (κ1) is 41.1. The molecule has 11 heteroatoms. The minimum Gasteiger partial charge on any atom is 0 e. The summed E-state index contributed by atoms with van der Waals surface area (Å²) < 4.78 is 59.2. The summed E-state index contributed by atoms with van der Waals surface area (Å²) in [5.74, 6) is 1.62. The summed E-state index contributed by atoms with van der Waals surface area (Å²) in [5.41, 5.74) is 0. The maximum atomic E-state index is 9.87. The number of benzene rings is 3. The first-order valence-electron chi connectivity index (χ1n) is 12.9. The molecule has 0 unspecified atom stereocenters. The maximum absolute atomic E-state index is 10.7. The summed E-state index contributed by atoms with van der Waals surface area (Å²) in [4.78, 5) is 0.